The van der Waals surface area contributed by atoms with E-state index in [1.165, 1.54) is 11.3 Å². The van der Waals surface area contributed by atoms with Gasteiger partial charge >= 0.3 is 0 Å². The van der Waals surface area contributed by atoms with Gasteiger partial charge in [-0.1, -0.05) is 29.5 Å². The van der Waals surface area contributed by atoms with Crippen LogP contribution in [-0.4, -0.2) is 30.0 Å². The first-order chi connectivity index (χ1) is 12.9. The Labute approximate surface area is 163 Å². The predicted octanol–water partition coefficient (Wildman–Crippen LogP) is 3.89. The molecule has 0 aliphatic rings. The lowest BCUT2D eigenvalue weighted by Gasteiger charge is -2.12. The van der Waals surface area contributed by atoms with Crippen LogP contribution in [0.2, 0.25) is 0 Å². The highest BCUT2D eigenvalue weighted by molar-refractivity contribution is 7.17. The molecule has 3 aromatic rings. The largest absolute Gasteiger partial charge is 0.378 e. The van der Waals surface area contributed by atoms with E-state index in [0.29, 0.717) is 22.2 Å². The molecule has 0 bridgehead atoms. The zero-order valence-electron chi connectivity index (χ0n) is 15.9. The molecule has 0 saturated heterocycles. The van der Waals surface area contributed by atoms with Gasteiger partial charge in [-0.25, -0.2) is 9.97 Å². The number of anilines is 3. The van der Waals surface area contributed by atoms with Gasteiger partial charge in [-0.3, -0.25) is 4.79 Å². The summed E-state index contributed by atoms with van der Waals surface area (Å²) in [6.07, 6.45) is 0. The van der Waals surface area contributed by atoms with Gasteiger partial charge in [0.2, 0.25) is 0 Å². The van der Waals surface area contributed by atoms with Crippen molar-refractivity contribution in [3.63, 3.8) is 0 Å². The van der Waals surface area contributed by atoms with Crippen LogP contribution in [-0.2, 0) is 6.54 Å². The second kappa shape index (κ2) is 8.18. The Bertz CT molecular complexity index is 934. The van der Waals surface area contributed by atoms with E-state index >= 15 is 0 Å². The molecule has 0 unspecified atom stereocenters. The van der Waals surface area contributed by atoms with Crippen molar-refractivity contribution in [1.82, 2.24) is 15.3 Å². The summed E-state index contributed by atoms with van der Waals surface area (Å²) in [6, 6.07) is 13.9. The molecular weight excluding hydrogens is 358 g/mol. The average molecular weight is 382 g/mol. The maximum Gasteiger partial charge on any atom is 0.263 e. The summed E-state index contributed by atoms with van der Waals surface area (Å²) in [5.41, 5.74) is 3.81. The molecule has 0 aliphatic heterocycles. The van der Waals surface area contributed by atoms with Gasteiger partial charge in [0.05, 0.1) is 5.69 Å². The van der Waals surface area contributed by atoms with Gasteiger partial charge in [0.1, 0.15) is 10.7 Å². The average Bonchev–Trinajstić information content (AvgIpc) is 3.00. The van der Waals surface area contributed by atoms with E-state index in [1.54, 1.807) is 0 Å². The van der Waals surface area contributed by atoms with Gasteiger partial charge < -0.3 is 15.5 Å². The Morgan fingerprint density at radius 2 is 1.81 bits per heavy atom. The van der Waals surface area contributed by atoms with E-state index < -0.39 is 0 Å². The second-order valence-electron chi connectivity index (χ2n) is 6.47. The van der Waals surface area contributed by atoms with Crippen LogP contribution in [0.3, 0.4) is 0 Å². The smallest absolute Gasteiger partial charge is 0.263 e. The fraction of sp³-hybridized carbons (Fsp3) is 0.250. The summed E-state index contributed by atoms with van der Waals surface area (Å²) in [6.45, 7) is 4.25. The third-order valence-corrected chi connectivity index (χ3v) is 5.10. The molecule has 6 nitrogen and oxygen atoms in total. The maximum atomic E-state index is 12.5. The van der Waals surface area contributed by atoms with Gasteiger partial charge in [0, 0.05) is 32.0 Å². The molecule has 7 heteroatoms. The van der Waals surface area contributed by atoms with Crippen molar-refractivity contribution in [2.45, 2.75) is 20.4 Å². The number of nitrogens with one attached hydrogen (secondary N) is 2. The molecular formula is C20H23N5OS. The van der Waals surface area contributed by atoms with Crippen LogP contribution in [0.1, 0.15) is 26.6 Å². The molecule has 0 radical (unpaired) electrons. The zero-order valence-corrected chi connectivity index (χ0v) is 16.7. The van der Waals surface area contributed by atoms with Crippen LogP contribution >= 0.6 is 11.3 Å². The van der Waals surface area contributed by atoms with Crippen LogP contribution in [0.25, 0.3) is 0 Å². The van der Waals surface area contributed by atoms with Crippen LogP contribution in [0.15, 0.2) is 42.5 Å². The molecule has 2 N–H and O–H groups in total. The third-order valence-electron chi connectivity index (χ3n) is 4.03. The lowest BCUT2D eigenvalue weighted by Crippen LogP contribution is -2.22. The van der Waals surface area contributed by atoms with E-state index in [9.17, 15) is 4.79 Å². The number of carbonyl (C=O) groups is 1. The first kappa shape index (κ1) is 18.8. The number of hydrogen-bond acceptors (Lipinski definition) is 6. The molecule has 2 aromatic heterocycles. The summed E-state index contributed by atoms with van der Waals surface area (Å²) < 4.78 is 0. The van der Waals surface area contributed by atoms with Crippen LogP contribution in [0.5, 0.6) is 0 Å². The van der Waals surface area contributed by atoms with Crippen molar-refractivity contribution in [2.75, 3.05) is 24.3 Å². The zero-order chi connectivity index (χ0) is 19.4. The van der Waals surface area contributed by atoms with E-state index in [1.807, 2.05) is 75.3 Å². The Kier molecular flexibility index (Phi) is 5.71. The van der Waals surface area contributed by atoms with Gasteiger partial charge in [-0.05, 0) is 43.7 Å². The fourth-order valence-corrected chi connectivity index (χ4v) is 3.45. The lowest BCUT2D eigenvalue weighted by atomic mass is 10.2. The van der Waals surface area contributed by atoms with Crippen LogP contribution < -0.4 is 15.5 Å². The normalized spacial score (nSPS) is 10.5. The molecule has 0 spiro atoms. The minimum atomic E-state index is -0.119. The van der Waals surface area contributed by atoms with E-state index in [0.717, 1.165) is 22.8 Å². The minimum Gasteiger partial charge on any atom is -0.378 e. The first-order valence-electron chi connectivity index (χ1n) is 8.65. The number of hydrogen-bond donors (Lipinski definition) is 2. The minimum absolute atomic E-state index is 0.119. The summed E-state index contributed by atoms with van der Waals surface area (Å²) in [5.74, 6) is 0.601. The molecule has 1 amide bonds. The maximum absolute atomic E-state index is 12.5. The number of amides is 1. The highest BCUT2D eigenvalue weighted by atomic mass is 32.1. The van der Waals surface area contributed by atoms with Gasteiger partial charge in [-0.15, -0.1) is 0 Å². The SMILES string of the molecule is Cc1cccc(Nc2nc(C)c(C(=O)NCc3ccc(N(C)C)cc3)s2)n1. The summed E-state index contributed by atoms with van der Waals surface area (Å²) in [7, 11) is 4.00. The number of aryl methyl sites for hydroxylation is 2. The number of carbonyl (C=O) groups excluding carboxylic acids is 1. The van der Waals surface area contributed by atoms with Crippen molar-refractivity contribution >= 4 is 33.9 Å². The van der Waals surface area contributed by atoms with Crippen LogP contribution in [0.4, 0.5) is 16.6 Å². The molecule has 0 saturated carbocycles. The third kappa shape index (κ3) is 4.83. The molecule has 1 aromatic carbocycles. The summed E-state index contributed by atoms with van der Waals surface area (Å²) in [5, 5.41) is 6.79. The Morgan fingerprint density at radius 1 is 1.07 bits per heavy atom. The molecule has 27 heavy (non-hydrogen) atoms. The highest BCUT2D eigenvalue weighted by Crippen LogP contribution is 2.25. The fourth-order valence-electron chi connectivity index (χ4n) is 2.56. The standard InChI is InChI=1S/C20H23N5OS/c1-13-6-5-7-17(22-13)24-20-23-14(2)18(27-20)19(26)21-12-15-8-10-16(11-9-15)25(3)4/h5-11H,12H2,1-4H3,(H,21,26)(H,22,23,24). The van der Waals surface area contributed by atoms with Crippen molar-refractivity contribution in [1.29, 1.82) is 0 Å². The van der Waals surface area contributed by atoms with Crippen molar-refractivity contribution in [2.24, 2.45) is 0 Å². The Morgan fingerprint density at radius 3 is 2.48 bits per heavy atom. The highest BCUT2D eigenvalue weighted by Gasteiger charge is 2.15. The molecule has 2 heterocycles. The lowest BCUT2D eigenvalue weighted by molar-refractivity contribution is 0.0954. The first-order valence-corrected chi connectivity index (χ1v) is 9.46. The summed E-state index contributed by atoms with van der Waals surface area (Å²) >= 11 is 1.33. The van der Waals surface area contributed by atoms with Crippen molar-refractivity contribution in [3.8, 4) is 0 Å². The van der Waals surface area contributed by atoms with Crippen molar-refractivity contribution < 1.29 is 4.79 Å². The van der Waals surface area contributed by atoms with E-state index in [4.69, 9.17) is 0 Å². The van der Waals surface area contributed by atoms with Gasteiger partial charge in [0.15, 0.2) is 5.13 Å². The van der Waals surface area contributed by atoms with E-state index in [2.05, 4.69) is 20.6 Å². The van der Waals surface area contributed by atoms with Crippen LogP contribution in [0, 0.1) is 13.8 Å². The second-order valence-corrected chi connectivity index (χ2v) is 7.47. The molecule has 0 atom stereocenters. The van der Waals surface area contributed by atoms with E-state index in [-0.39, 0.29) is 5.91 Å². The topological polar surface area (TPSA) is 70.2 Å². The predicted molar refractivity (Wildman–Crippen MR) is 111 cm³/mol. The number of rotatable bonds is 6. The number of benzene rings is 1. The monoisotopic (exact) mass is 381 g/mol. The Balaban J connectivity index is 1.63. The molecule has 3 rings (SSSR count). The molecule has 140 valence electrons. The molecule has 0 aliphatic carbocycles. The summed E-state index contributed by atoms with van der Waals surface area (Å²) in [4.78, 5) is 24.0. The Hall–Kier alpha value is -2.93. The number of thiazole rings is 1. The van der Waals surface area contributed by atoms with Gasteiger partial charge in [0.25, 0.3) is 5.91 Å². The quantitative estimate of drug-likeness (QED) is 0.678. The van der Waals surface area contributed by atoms with Gasteiger partial charge in [-0.2, -0.15) is 0 Å². The number of pyridine rings is 1. The van der Waals surface area contributed by atoms with Crippen molar-refractivity contribution in [3.05, 3.63) is 64.3 Å². The number of nitrogens with zero attached hydrogens (tertiary/aromatic N) is 3. The number of aromatic nitrogens is 2. The molecule has 0 fully saturated rings.